The molecule has 0 saturated carbocycles. The van der Waals surface area contributed by atoms with Gasteiger partial charge in [0.25, 0.3) is 0 Å². The number of aryl methyl sites for hydroxylation is 1. The number of benzene rings is 2. The van der Waals surface area contributed by atoms with Crippen molar-refractivity contribution >= 4 is 22.7 Å². The van der Waals surface area contributed by atoms with E-state index in [1.807, 2.05) is 17.7 Å². The fraction of sp³-hybridized carbons (Fsp3) is 0.240. The van der Waals surface area contributed by atoms with Crippen LogP contribution in [0.2, 0.25) is 0 Å². The topological polar surface area (TPSA) is 77.1 Å². The molecule has 2 heterocycles. The number of carbonyl (C=O) groups excluding carboxylic acids is 1. The molecule has 4 aromatic rings. The quantitative estimate of drug-likeness (QED) is 0.506. The fourth-order valence-corrected chi connectivity index (χ4v) is 4.68. The maximum Gasteiger partial charge on any atom is 0.335 e. The molecular formula is C25H22FN3O3. The van der Waals surface area contributed by atoms with Gasteiger partial charge in [0.1, 0.15) is 11.6 Å². The highest BCUT2D eigenvalue weighted by Crippen LogP contribution is 2.36. The zero-order chi connectivity index (χ0) is 22.4. The number of carboxylic acid groups (broad SMARTS) is 1. The van der Waals surface area contributed by atoms with E-state index in [1.54, 1.807) is 36.5 Å². The molecule has 7 heteroatoms. The molecule has 162 valence electrons. The number of imidazole rings is 1. The second-order valence-electron chi connectivity index (χ2n) is 8.30. The van der Waals surface area contributed by atoms with Gasteiger partial charge in [0.05, 0.1) is 5.56 Å². The van der Waals surface area contributed by atoms with E-state index in [0.717, 1.165) is 22.6 Å². The van der Waals surface area contributed by atoms with Gasteiger partial charge in [0.15, 0.2) is 5.78 Å². The third-order valence-electron chi connectivity index (χ3n) is 6.36. The number of carbonyl (C=O) groups is 2. The first-order valence-electron chi connectivity index (χ1n) is 10.6. The van der Waals surface area contributed by atoms with E-state index in [1.165, 1.54) is 12.1 Å². The number of nitrogens with zero attached hydrogens (tertiary/aromatic N) is 3. The number of Topliss-reactive ketones (excluding diaryl/α,β-unsaturated/α-hetero) is 1. The molecule has 1 unspecified atom stereocenters. The van der Waals surface area contributed by atoms with Gasteiger partial charge in [-0.05, 0) is 55.7 Å². The summed E-state index contributed by atoms with van der Waals surface area (Å²) in [5.41, 5.74) is 3.48. The summed E-state index contributed by atoms with van der Waals surface area (Å²) in [5, 5.41) is 9.78. The Morgan fingerprint density at radius 1 is 1.22 bits per heavy atom. The Balaban J connectivity index is 1.55. The largest absolute Gasteiger partial charge is 0.478 e. The predicted molar refractivity (Wildman–Crippen MR) is 118 cm³/mol. The summed E-state index contributed by atoms with van der Waals surface area (Å²) in [7, 11) is 0. The van der Waals surface area contributed by atoms with Gasteiger partial charge in [-0.15, -0.1) is 0 Å². The molecule has 32 heavy (non-hydrogen) atoms. The van der Waals surface area contributed by atoms with Crippen molar-refractivity contribution < 1.29 is 19.1 Å². The zero-order valence-electron chi connectivity index (χ0n) is 17.6. The van der Waals surface area contributed by atoms with Crippen LogP contribution in [0, 0.1) is 18.7 Å². The van der Waals surface area contributed by atoms with Gasteiger partial charge in [-0.3, -0.25) is 4.79 Å². The maximum atomic E-state index is 14.2. The summed E-state index contributed by atoms with van der Waals surface area (Å²) < 4.78 is 18.2. The lowest BCUT2D eigenvalue weighted by Crippen LogP contribution is -2.27. The van der Waals surface area contributed by atoms with Gasteiger partial charge in [-0.1, -0.05) is 12.1 Å². The molecule has 0 spiro atoms. The lowest BCUT2D eigenvalue weighted by atomic mass is 9.85. The Morgan fingerprint density at radius 2 is 2.00 bits per heavy atom. The summed E-state index contributed by atoms with van der Waals surface area (Å²) in [5.74, 6) is -0.631. The molecule has 2 aromatic carbocycles. The van der Waals surface area contributed by atoms with Crippen molar-refractivity contribution in [3.63, 3.8) is 0 Å². The highest BCUT2D eigenvalue weighted by atomic mass is 19.1. The molecule has 0 aliphatic heterocycles. The SMILES string of the molecule is Cc1nccn1CC1CCc2c(c3cc(F)ccc3n2Cc2ccc(C(=O)O)cc2)C1=O. The Bertz CT molecular complexity index is 1350. The molecular weight excluding hydrogens is 409 g/mol. The molecule has 1 atom stereocenters. The van der Waals surface area contributed by atoms with Crippen LogP contribution in [0.25, 0.3) is 10.9 Å². The van der Waals surface area contributed by atoms with Crippen LogP contribution in [0.5, 0.6) is 0 Å². The van der Waals surface area contributed by atoms with Crippen LogP contribution < -0.4 is 0 Å². The van der Waals surface area contributed by atoms with E-state index < -0.39 is 5.97 Å². The standard InChI is InChI=1S/C25H22FN3O3/c1-15-27-10-11-28(15)14-18-6-8-22-23(24(18)30)20-12-19(26)7-9-21(20)29(22)13-16-2-4-17(5-3-16)25(31)32/h2-5,7,9-12,18H,6,8,13-14H2,1H3,(H,31,32). The van der Waals surface area contributed by atoms with Gasteiger partial charge in [-0.25, -0.2) is 14.2 Å². The smallest absolute Gasteiger partial charge is 0.335 e. The van der Waals surface area contributed by atoms with Crippen molar-refractivity contribution in [2.24, 2.45) is 5.92 Å². The van der Waals surface area contributed by atoms with E-state index >= 15 is 0 Å². The minimum absolute atomic E-state index is 0.0370. The lowest BCUT2D eigenvalue weighted by molar-refractivity contribution is 0.0696. The summed E-state index contributed by atoms with van der Waals surface area (Å²) in [6.45, 7) is 2.95. The van der Waals surface area contributed by atoms with Crippen molar-refractivity contribution in [2.75, 3.05) is 0 Å². The van der Waals surface area contributed by atoms with E-state index in [0.29, 0.717) is 36.9 Å². The number of halogens is 1. The molecule has 0 saturated heterocycles. The second-order valence-corrected chi connectivity index (χ2v) is 8.30. The number of aromatic carboxylic acids is 1. The highest BCUT2D eigenvalue weighted by Gasteiger charge is 2.33. The van der Waals surface area contributed by atoms with Gasteiger partial charge >= 0.3 is 5.97 Å². The van der Waals surface area contributed by atoms with Crippen molar-refractivity contribution in [3.05, 3.63) is 88.9 Å². The zero-order valence-corrected chi connectivity index (χ0v) is 17.6. The molecule has 6 nitrogen and oxygen atoms in total. The number of rotatable bonds is 5. The fourth-order valence-electron chi connectivity index (χ4n) is 4.68. The average molecular weight is 431 g/mol. The first kappa shape index (κ1) is 20.2. The number of fused-ring (bicyclic) bond motifs is 3. The number of carboxylic acids is 1. The normalized spacial score (nSPS) is 15.8. The third kappa shape index (κ3) is 3.39. The minimum atomic E-state index is -0.972. The van der Waals surface area contributed by atoms with E-state index in [2.05, 4.69) is 9.55 Å². The summed E-state index contributed by atoms with van der Waals surface area (Å²) in [6.07, 6.45) is 5.02. The summed E-state index contributed by atoms with van der Waals surface area (Å²) in [6, 6.07) is 11.3. The van der Waals surface area contributed by atoms with Crippen molar-refractivity contribution in [2.45, 2.75) is 32.9 Å². The molecule has 0 amide bonds. The van der Waals surface area contributed by atoms with E-state index in [9.17, 15) is 14.0 Å². The van der Waals surface area contributed by atoms with Crippen molar-refractivity contribution in [1.82, 2.24) is 14.1 Å². The minimum Gasteiger partial charge on any atom is -0.478 e. The Kier molecular flexibility index (Phi) is 4.89. The summed E-state index contributed by atoms with van der Waals surface area (Å²) >= 11 is 0. The first-order valence-corrected chi connectivity index (χ1v) is 10.6. The average Bonchev–Trinajstić information content (AvgIpc) is 3.31. The van der Waals surface area contributed by atoms with Crippen molar-refractivity contribution in [3.8, 4) is 0 Å². The van der Waals surface area contributed by atoms with Gasteiger partial charge in [0.2, 0.25) is 0 Å². The second kappa shape index (κ2) is 7.75. The molecule has 1 N–H and O–H groups in total. The molecule has 1 aliphatic carbocycles. The first-order chi connectivity index (χ1) is 15.4. The third-order valence-corrected chi connectivity index (χ3v) is 6.36. The molecule has 0 fully saturated rings. The van der Waals surface area contributed by atoms with Crippen LogP contribution in [0.15, 0.2) is 54.9 Å². The monoisotopic (exact) mass is 431 g/mol. The maximum absolute atomic E-state index is 14.2. The van der Waals surface area contributed by atoms with E-state index in [-0.39, 0.29) is 23.1 Å². The van der Waals surface area contributed by atoms with Crippen LogP contribution in [0.1, 0.15) is 44.2 Å². The van der Waals surface area contributed by atoms with Gasteiger partial charge in [-0.2, -0.15) is 0 Å². The number of hydrogen-bond donors (Lipinski definition) is 1. The Hall–Kier alpha value is -3.74. The highest BCUT2D eigenvalue weighted by molar-refractivity contribution is 6.11. The van der Waals surface area contributed by atoms with Gasteiger partial charge < -0.3 is 14.2 Å². The molecule has 5 rings (SSSR count). The van der Waals surface area contributed by atoms with Crippen LogP contribution in [0.4, 0.5) is 4.39 Å². The van der Waals surface area contributed by atoms with Crippen LogP contribution in [-0.4, -0.2) is 31.0 Å². The van der Waals surface area contributed by atoms with E-state index in [4.69, 9.17) is 5.11 Å². The van der Waals surface area contributed by atoms with Crippen molar-refractivity contribution in [1.29, 1.82) is 0 Å². The molecule has 0 radical (unpaired) electrons. The van der Waals surface area contributed by atoms with Crippen LogP contribution in [0.3, 0.4) is 0 Å². The summed E-state index contributed by atoms with van der Waals surface area (Å²) in [4.78, 5) is 28.9. The Labute approximate surface area is 183 Å². The van der Waals surface area contributed by atoms with Crippen LogP contribution >= 0.6 is 0 Å². The molecule has 0 bridgehead atoms. The number of ketones is 1. The molecule has 1 aliphatic rings. The van der Waals surface area contributed by atoms with Crippen LogP contribution in [-0.2, 0) is 19.5 Å². The predicted octanol–water partition coefficient (Wildman–Crippen LogP) is 4.48. The Morgan fingerprint density at radius 3 is 2.69 bits per heavy atom. The lowest BCUT2D eigenvalue weighted by Gasteiger charge is -2.24. The number of aromatic nitrogens is 3. The number of hydrogen-bond acceptors (Lipinski definition) is 3. The van der Waals surface area contributed by atoms with Gasteiger partial charge in [0, 0.05) is 53.6 Å². The molecule has 2 aromatic heterocycles.